The lowest BCUT2D eigenvalue weighted by Crippen LogP contribution is -2.72. The van der Waals surface area contributed by atoms with Gasteiger partial charge in [-0.15, -0.1) is 0 Å². The molecule has 47 heavy (non-hydrogen) atoms. The zero-order chi connectivity index (χ0) is 39.0. The van der Waals surface area contributed by atoms with E-state index in [2.05, 4.69) is 0 Å². The summed E-state index contributed by atoms with van der Waals surface area (Å²) in [5.41, 5.74) is 0. The van der Waals surface area contributed by atoms with Crippen LogP contribution in [0.4, 0.5) is 140 Å². The molecule has 0 spiro atoms. The third-order valence-electron chi connectivity index (χ3n) is 4.58. The van der Waals surface area contributed by atoms with Gasteiger partial charge in [0.2, 0.25) is 0 Å². The third kappa shape index (κ3) is 6.81. The van der Waals surface area contributed by atoms with Crippen LogP contribution in [0.2, 0.25) is 0 Å². The Labute approximate surface area is 231 Å². The van der Waals surface area contributed by atoms with Crippen molar-refractivity contribution in [3.63, 3.8) is 0 Å². The topological polar surface area (TPSA) is 31.5 Å². The Bertz CT molecular complexity index is 880. The molecule has 1 nitrogen and oxygen atoms in total. The Morgan fingerprint density at radius 2 is 0.191 bits per heavy atom. The number of alkyl halides is 32. The van der Waals surface area contributed by atoms with Crippen molar-refractivity contribution in [2.45, 2.75) is 83.9 Å². The molecule has 0 aromatic carbocycles. The Hall–Kier alpha value is -2.28. The average molecular weight is 794 g/mol. The molecule has 2 N–H and O–H groups in total. The average Bonchev–Trinajstić information content (AvgIpc) is 2.75. The zero-order valence-corrected chi connectivity index (χ0v) is 19.6. The van der Waals surface area contributed by atoms with Crippen molar-refractivity contribution in [1.82, 2.24) is 0 Å². The molecule has 0 radical (unpaired) electrons. The van der Waals surface area contributed by atoms with Gasteiger partial charge in [-0.1, -0.05) is 0 Å². The van der Waals surface area contributed by atoms with Gasteiger partial charge in [0.15, 0.2) is 0 Å². The van der Waals surface area contributed by atoms with Crippen LogP contribution in [0.25, 0.3) is 0 Å². The maximum atomic E-state index is 12.6. The lowest BCUT2D eigenvalue weighted by molar-refractivity contribution is -0.461. The molecule has 0 aliphatic heterocycles. The molecular weight excluding hydrogens is 792 g/mol. The van der Waals surface area contributed by atoms with Gasteiger partial charge in [-0.3, -0.25) is 0 Å². The van der Waals surface area contributed by atoms with Gasteiger partial charge in [0, 0.05) is 0 Å². The zero-order valence-electron chi connectivity index (χ0n) is 19.6. The van der Waals surface area contributed by atoms with Crippen molar-refractivity contribution in [2.75, 3.05) is 0 Å². The van der Waals surface area contributed by atoms with Crippen molar-refractivity contribution in [2.24, 2.45) is 0 Å². The Morgan fingerprint density at radius 1 is 0.128 bits per heavy atom. The fraction of sp³-hybridized carbons (Fsp3) is 1.00. The first kappa shape index (κ1) is 49.1. The van der Waals surface area contributed by atoms with Crippen molar-refractivity contribution in [3.05, 3.63) is 0 Å². The fourth-order valence-electron chi connectivity index (χ4n) is 1.90. The van der Waals surface area contributed by atoms with Gasteiger partial charge < -0.3 is 5.48 Å². The Balaban J connectivity index is -0.000000807. The van der Waals surface area contributed by atoms with Crippen LogP contribution in [0.5, 0.6) is 0 Å². The van der Waals surface area contributed by atoms with Crippen molar-refractivity contribution >= 4 is 0 Å². The van der Waals surface area contributed by atoms with Gasteiger partial charge in [0.1, 0.15) is 0 Å². The smallest absolute Gasteiger partial charge is 0.412 e. The molecule has 0 aliphatic rings. The van der Waals surface area contributed by atoms with Gasteiger partial charge in [-0.25, -0.2) is 0 Å². The first-order valence-corrected chi connectivity index (χ1v) is 9.05. The van der Waals surface area contributed by atoms with Crippen molar-refractivity contribution in [1.29, 1.82) is 0 Å². The predicted molar refractivity (Wildman–Crippen MR) is 77.3 cm³/mol. The second-order valence-electron chi connectivity index (χ2n) is 7.73. The highest BCUT2D eigenvalue weighted by Crippen LogP contribution is 2.64. The van der Waals surface area contributed by atoms with Crippen LogP contribution in [0.3, 0.4) is 0 Å². The molecule has 0 aromatic rings. The normalized spacial score (nSPS) is 16.3. The monoisotopic (exact) mass is 794 g/mol. The molecule has 288 valence electrons. The van der Waals surface area contributed by atoms with E-state index in [1.54, 1.807) is 0 Å². The minimum Gasteiger partial charge on any atom is -0.412 e. The SMILES string of the molecule is FC(F)(F)C(F)(F)C(F)(F)C(F)(F)C(F)(F)C(F)(F)C(F)(F)F.FC(F)(F)C(F)(F)C(F)(F)C(F)(F)C(F)(F)C(F)(F)C(F)(F)F.O. The van der Waals surface area contributed by atoms with Crippen molar-refractivity contribution < 1.29 is 146 Å². The summed E-state index contributed by atoms with van der Waals surface area (Å²) in [6, 6.07) is 0. The summed E-state index contributed by atoms with van der Waals surface area (Å²) < 4.78 is 387. The molecule has 33 heteroatoms. The van der Waals surface area contributed by atoms with E-state index in [1.165, 1.54) is 0 Å². The highest BCUT2D eigenvalue weighted by Gasteiger charge is 2.95. The molecule has 0 amide bonds. The molecule has 0 aliphatic carbocycles. The molecule has 0 heterocycles. The van der Waals surface area contributed by atoms with E-state index in [4.69, 9.17) is 0 Å². The number of hydrogen-bond acceptors (Lipinski definition) is 0. The predicted octanol–water partition coefficient (Wildman–Crippen LogP) is 9.75. The number of rotatable bonds is 8. The first-order valence-electron chi connectivity index (χ1n) is 9.05. The lowest BCUT2D eigenvalue weighted by atomic mass is 9.94. The quantitative estimate of drug-likeness (QED) is 0.220. The van der Waals surface area contributed by atoms with Crippen LogP contribution in [0.1, 0.15) is 0 Å². The molecule has 0 atom stereocenters. The summed E-state index contributed by atoms with van der Waals surface area (Å²) in [7, 11) is 0. The summed E-state index contributed by atoms with van der Waals surface area (Å²) in [5, 5.41) is 0. The minimum atomic E-state index is -8.43. The third-order valence-corrected chi connectivity index (χ3v) is 4.58. The fourth-order valence-corrected chi connectivity index (χ4v) is 1.90. The second-order valence-corrected chi connectivity index (χ2v) is 7.73. The molecular formula is C14H2F32O. The molecule has 0 unspecified atom stereocenters. The van der Waals surface area contributed by atoms with Gasteiger partial charge in [0.25, 0.3) is 0 Å². The highest BCUT2D eigenvalue weighted by atomic mass is 19.5. The summed E-state index contributed by atoms with van der Waals surface area (Å²) >= 11 is 0. The molecule has 0 bridgehead atoms. The minimum absolute atomic E-state index is 0. The molecule has 0 fully saturated rings. The van der Waals surface area contributed by atoms with Gasteiger partial charge >= 0.3 is 83.9 Å². The first-order chi connectivity index (χ1) is 19.0. The lowest BCUT2D eigenvalue weighted by Gasteiger charge is -2.39. The molecule has 0 saturated heterocycles. The maximum Gasteiger partial charge on any atom is 0.460 e. The Morgan fingerprint density at radius 3 is 0.255 bits per heavy atom. The molecule has 0 aromatic heterocycles. The Kier molecular flexibility index (Phi) is 12.5. The number of halogens is 32. The van der Waals surface area contributed by atoms with E-state index in [-0.39, 0.29) is 5.48 Å². The standard InChI is InChI=1S/2C7F16.H2O/c2*8-1(9,2(10,11)4(14,15)6(18,19)20)3(12,13)5(16,17)7(21,22)23;/h;;1H2. The van der Waals surface area contributed by atoms with E-state index < -0.39 is 83.9 Å². The second kappa shape index (κ2) is 11.9. The maximum absolute atomic E-state index is 12.6. The van der Waals surface area contributed by atoms with E-state index >= 15 is 0 Å². The molecule has 0 rings (SSSR count). The van der Waals surface area contributed by atoms with E-state index in [0.29, 0.717) is 0 Å². The van der Waals surface area contributed by atoms with Gasteiger partial charge in [-0.05, 0) is 0 Å². The van der Waals surface area contributed by atoms with E-state index in [1.807, 2.05) is 0 Å². The van der Waals surface area contributed by atoms with E-state index in [0.717, 1.165) is 0 Å². The summed E-state index contributed by atoms with van der Waals surface area (Å²) in [4.78, 5) is 0. The summed E-state index contributed by atoms with van der Waals surface area (Å²) in [5.74, 6) is -82.4. The van der Waals surface area contributed by atoms with Gasteiger partial charge in [-0.2, -0.15) is 140 Å². The van der Waals surface area contributed by atoms with Gasteiger partial charge in [0.05, 0.1) is 0 Å². The van der Waals surface area contributed by atoms with Crippen LogP contribution in [-0.2, 0) is 0 Å². The van der Waals surface area contributed by atoms with Crippen LogP contribution in [-0.4, -0.2) is 89.4 Å². The number of hydrogen-bond donors (Lipinski definition) is 0. The molecule has 0 saturated carbocycles. The highest BCUT2D eigenvalue weighted by molar-refractivity contribution is 5.13. The summed E-state index contributed by atoms with van der Waals surface area (Å²) in [6.45, 7) is 0. The van der Waals surface area contributed by atoms with Crippen molar-refractivity contribution in [3.8, 4) is 0 Å². The van der Waals surface area contributed by atoms with E-state index in [9.17, 15) is 140 Å². The summed E-state index contributed by atoms with van der Waals surface area (Å²) in [6.07, 6.45) is -30.7. The van der Waals surface area contributed by atoms with Crippen LogP contribution in [0.15, 0.2) is 0 Å². The van der Waals surface area contributed by atoms with Crippen LogP contribution >= 0.6 is 0 Å². The van der Waals surface area contributed by atoms with Crippen LogP contribution in [0, 0.1) is 0 Å². The largest absolute Gasteiger partial charge is 0.460 e. The van der Waals surface area contributed by atoms with Crippen LogP contribution < -0.4 is 0 Å².